The van der Waals surface area contributed by atoms with Gasteiger partial charge in [0, 0.05) is 30.9 Å². The van der Waals surface area contributed by atoms with Gasteiger partial charge >= 0.3 is 0 Å². The maximum absolute atomic E-state index is 5.73. The van der Waals surface area contributed by atoms with Gasteiger partial charge in [0.15, 0.2) is 0 Å². The lowest BCUT2D eigenvalue weighted by atomic mass is 9.93. The molecule has 1 N–H and O–H groups in total. The van der Waals surface area contributed by atoms with Gasteiger partial charge in [0.1, 0.15) is 5.75 Å². The van der Waals surface area contributed by atoms with Crippen LogP contribution in [0.1, 0.15) is 36.4 Å². The molecule has 3 heteroatoms. The van der Waals surface area contributed by atoms with Gasteiger partial charge in [0.25, 0.3) is 0 Å². The molecule has 0 saturated heterocycles. The van der Waals surface area contributed by atoms with E-state index in [1.54, 1.807) is 0 Å². The van der Waals surface area contributed by atoms with Gasteiger partial charge in [-0.15, -0.1) is 0 Å². The van der Waals surface area contributed by atoms with Crippen molar-refractivity contribution in [3.63, 3.8) is 0 Å². The third-order valence-electron chi connectivity index (χ3n) is 4.22. The van der Waals surface area contributed by atoms with Crippen LogP contribution < -0.4 is 10.1 Å². The van der Waals surface area contributed by atoms with Gasteiger partial charge in [-0.3, -0.25) is 0 Å². The highest BCUT2D eigenvalue weighted by atomic mass is 16.5. The summed E-state index contributed by atoms with van der Waals surface area (Å²) in [5, 5.41) is 3.28. The van der Waals surface area contributed by atoms with Crippen molar-refractivity contribution in [2.75, 3.05) is 13.7 Å². The number of benzene rings is 1. The van der Waals surface area contributed by atoms with Gasteiger partial charge < -0.3 is 14.6 Å². The van der Waals surface area contributed by atoms with E-state index in [1.165, 1.54) is 11.1 Å². The lowest BCUT2D eigenvalue weighted by molar-refractivity contribution is 0.259. The molecular formula is C17H22N2O. The molecule has 0 radical (unpaired) electrons. The van der Waals surface area contributed by atoms with E-state index in [4.69, 9.17) is 4.74 Å². The van der Waals surface area contributed by atoms with Crippen molar-refractivity contribution in [3.05, 3.63) is 53.9 Å². The first kappa shape index (κ1) is 13.3. The van der Waals surface area contributed by atoms with Crippen LogP contribution in [0.25, 0.3) is 0 Å². The average molecular weight is 270 g/mol. The monoisotopic (exact) mass is 270 g/mol. The summed E-state index contributed by atoms with van der Waals surface area (Å²) in [5.74, 6) is 1.60. The van der Waals surface area contributed by atoms with Gasteiger partial charge in [-0.05, 0) is 43.7 Å². The predicted molar refractivity (Wildman–Crippen MR) is 81.2 cm³/mol. The molecule has 0 aliphatic carbocycles. The molecule has 2 aromatic rings. The fourth-order valence-electron chi connectivity index (χ4n) is 2.86. The zero-order chi connectivity index (χ0) is 13.9. The van der Waals surface area contributed by atoms with E-state index >= 15 is 0 Å². The minimum atomic E-state index is 0.401. The Morgan fingerprint density at radius 3 is 3.05 bits per heavy atom. The van der Waals surface area contributed by atoms with Crippen molar-refractivity contribution in [1.82, 2.24) is 9.88 Å². The maximum Gasteiger partial charge on any atom is 0.122 e. The summed E-state index contributed by atoms with van der Waals surface area (Å²) >= 11 is 0. The molecule has 1 aromatic carbocycles. The van der Waals surface area contributed by atoms with Crippen LogP contribution in [0.2, 0.25) is 0 Å². The van der Waals surface area contributed by atoms with Crippen LogP contribution in [0.3, 0.4) is 0 Å². The second-order valence-electron chi connectivity index (χ2n) is 5.52. The van der Waals surface area contributed by atoms with E-state index in [0.29, 0.717) is 12.0 Å². The number of hydrogen-bond donors (Lipinski definition) is 1. The Labute approximate surface area is 120 Å². The molecule has 106 valence electrons. The fraction of sp³-hybridized carbons (Fsp3) is 0.412. The first-order valence-corrected chi connectivity index (χ1v) is 7.32. The molecule has 2 atom stereocenters. The van der Waals surface area contributed by atoms with Crippen molar-refractivity contribution >= 4 is 0 Å². The summed E-state index contributed by atoms with van der Waals surface area (Å²) in [6, 6.07) is 11.0. The fourth-order valence-corrected chi connectivity index (χ4v) is 2.86. The molecular weight excluding hydrogens is 248 g/mol. The minimum absolute atomic E-state index is 0.401. The molecule has 1 aromatic heterocycles. The van der Waals surface area contributed by atoms with Crippen LogP contribution in [-0.2, 0) is 6.54 Å². The molecule has 3 nitrogen and oxygen atoms in total. The molecule has 2 unspecified atom stereocenters. The summed E-state index contributed by atoms with van der Waals surface area (Å²) in [7, 11) is 2.00. The Hall–Kier alpha value is -1.74. The molecule has 1 aliphatic rings. The van der Waals surface area contributed by atoms with E-state index in [1.807, 2.05) is 13.1 Å². The Balaban J connectivity index is 1.77. The first-order valence-electron chi connectivity index (χ1n) is 7.32. The van der Waals surface area contributed by atoms with Crippen molar-refractivity contribution in [2.45, 2.75) is 31.8 Å². The number of nitrogens with zero attached hydrogens (tertiary/aromatic N) is 1. The van der Waals surface area contributed by atoms with E-state index < -0.39 is 0 Å². The molecule has 2 heterocycles. The van der Waals surface area contributed by atoms with E-state index in [2.05, 4.69) is 53.5 Å². The highest BCUT2D eigenvalue weighted by Gasteiger charge is 2.21. The molecule has 0 fully saturated rings. The molecule has 20 heavy (non-hydrogen) atoms. The third kappa shape index (κ3) is 2.59. The molecule has 1 aliphatic heterocycles. The number of para-hydroxylation sites is 1. The predicted octanol–water partition coefficient (Wildman–Crippen LogP) is 3.33. The Bertz CT molecular complexity index is 576. The summed E-state index contributed by atoms with van der Waals surface area (Å²) in [5.41, 5.74) is 2.68. The molecule has 0 amide bonds. The topological polar surface area (TPSA) is 26.2 Å². The zero-order valence-electron chi connectivity index (χ0n) is 12.2. The number of ether oxygens (including phenoxy) is 1. The van der Waals surface area contributed by atoms with E-state index in [0.717, 1.165) is 25.3 Å². The minimum Gasteiger partial charge on any atom is -0.493 e. The molecule has 0 spiro atoms. The van der Waals surface area contributed by atoms with Crippen LogP contribution in [0.5, 0.6) is 5.75 Å². The zero-order valence-corrected chi connectivity index (χ0v) is 12.2. The number of rotatable bonds is 4. The number of aromatic nitrogens is 1. The van der Waals surface area contributed by atoms with Crippen LogP contribution in [-0.4, -0.2) is 18.2 Å². The average Bonchev–Trinajstić information content (AvgIpc) is 2.95. The maximum atomic E-state index is 5.73. The van der Waals surface area contributed by atoms with Gasteiger partial charge in [-0.2, -0.15) is 0 Å². The van der Waals surface area contributed by atoms with Gasteiger partial charge in [-0.25, -0.2) is 0 Å². The lowest BCUT2D eigenvalue weighted by Gasteiger charge is -2.26. The summed E-state index contributed by atoms with van der Waals surface area (Å²) in [4.78, 5) is 0. The van der Waals surface area contributed by atoms with Crippen LogP contribution in [0.15, 0.2) is 42.7 Å². The van der Waals surface area contributed by atoms with Gasteiger partial charge in [0.2, 0.25) is 0 Å². The smallest absolute Gasteiger partial charge is 0.122 e. The van der Waals surface area contributed by atoms with Crippen molar-refractivity contribution in [3.8, 4) is 5.75 Å². The van der Waals surface area contributed by atoms with Crippen molar-refractivity contribution in [2.24, 2.45) is 0 Å². The van der Waals surface area contributed by atoms with E-state index in [9.17, 15) is 0 Å². The van der Waals surface area contributed by atoms with Crippen molar-refractivity contribution in [1.29, 1.82) is 0 Å². The number of fused-ring (bicyclic) bond motifs is 1. The number of nitrogens with one attached hydrogen (secondary N) is 1. The summed E-state index contributed by atoms with van der Waals surface area (Å²) in [6.07, 6.45) is 5.52. The van der Waals surface area contributed by atoms with Gasteiger partial charge in [-0.1, -0.05) is 18.2 Å². The molecule has 3 rings (SSSR count). The SMILES string of the molecule is CNC(C)c1ccn(CC2CCOc3ccccc32)c1. The molecule has 0 bridgehead atoms. The van der Waals surface area contributed by atoms with Crippen LogP contribution >= 0.6 is 0 Å². The van der Waals surface area contributed by atoms with E-state index in [-0.39, 0.29) is 0 Å². The lowest BCUT2D eigenvalue weighted by Crippen LogP contribution is -2.18. The highest BCUT2D eigenvalue weighted by Crippen LogP contribution is 2.34. The quantitative estimate of drug-likeness (QED) is 0.922. The second kappa shape index (κ2) is 5.71. The largest absolute Gasteiger partial charge is 0.493 e. The Morgan fingerprint density at radius 1 is 1.35 bits per heavy atom. The second-order valence-corrected chi connectivity index (χ2v) is 5.52. The number of hydrogen-bond acceptors (Lipinski definition) is 2. The first-order chi connectivity index (χ1) is 9.78. The summed E-state index contributed by atoms with van der Waals surface area (Å²) in [6.45, 7) is 4.03. The summed E-state index contributed by atoms with van der Waals surface area (Å²) < 4.78 is 8.03. The normalized spacial score (nSPS) is 19.2. The third-order valence-corrected chi connectivity index (χ3v) is 4.22. The Morgan fingerprint density at radius 2 is 2.20 bits per heavy atom. The Kier molecular flexibility index (Phi) is 3.79. The standard InChI is InChI=1S/C17H22N2O/c1-13(18-2)14-7-9-19(11-14)12-15-8-10-20-17-6-4-3-5-16(15)17/h3-7,9,11,13,15,18H,8,10,12H2,1-2H3. The van der Waals surface area contributed by atoms with Crippen LogP contribution in [0.4, 0.5) is 0 Å². The highest BCUT2D eigenvalue weighted by molar-refractivity contribution is 5.37. The molecule has 0 saturated carbocycles. The van der Waals surface area contributed by atoms with Crippen molar-refractivity contribution < 1.29 is 4.74 Å². The van der Waals surface area contributed by atoms with Crippen LogP contribution in [0, 0.1) is 0 Å². The van der Waals surface area contributed by atoms with Gasteiger partial charge in [0.05, 0.1) is 6.61 Å².